The fourth-order valence-corrected chi connectivity index (χ4v) is 3.31. The van der Waals surface area contributed by atoms with Gasteiger partial charge in [-0.3, -0.25) is 0 Å². The van der Waals surface area contributed by atoms with E-state index < -0.39 is 9.28 Å². The van der Waals surface area contributed by atoms with E-state index in [2.05, 4.69) is 13.8 Å². The van der Waals surface area contributed by atoms with Gasteiger partial charge in [0.1, 0.15) is 0 Å². The molecule has 16 heavy (non-hydrogen) atoms. The molecule has 5 heteroatoms. The Morgan fingerprint density at radius 3 is 1.69 bits per heavy atom. The quantitative estimate of drug-likeness (QED) is 0.638. The molecule has 0 bridgehead atoms. The number of rotatable bonds is 8. The molecule has 0 rings (SSSR count). The molecule has 1 unspecified atom stereocenters. The van der Waals surface area contributed by atoms with Crippen LogP contribution in [0.2, 0.25) is 5.54 Å². The summed E-state index contributed by atoms with van der Waals surface area (Å²) in [5.41, 5.74) is 10.5. The van der Waals surface area contributed by atoms with Gasteiger partial charge in [-0.15, -0.1) is 0 Å². The van der Waals surface area contributed by atoms with Crippen LogP contribution in [0.25, 0.3) is 0 Å². The summed E-state index contributed by atoms with van der Waals surface area (Å²) in [7, 11) is -1.35. The Morgan fingerprint density at radius 2 is 1.44 bits per heavy atom. The summed E-state index contributed by atoms with van der Waals surface area (Å²) in [5.74, 6) is 0. The lowest BCUT2D eigenvalue weighted by Gasteiger charge is -2.20. The second kappa shape index (κ2) is 15.1. The predicted octanol–water partition coefficient (Wildman–Crippen LogP) is 1.37. The highest BCUT2D eigenvalue weighted by Gasteiger charge is 2.20. The molecule has 0 amide bonds. The van der Waals surface area contributed by atoms with E-state index in [4.69, 9.17) is 20.3 Å². The summed E-state index contributed by atoms with van der Waals surface area (Å²) in [6.45, 7) is 11.3. The van der Waals surface area contributed by atoms with Crippen LogP contribution in [0, 0.1) is 0 Å². The third-order valence-electron chi connectivity index (χ3n) is 2.04. The lowest BCUT2D eigenvalue weighted by Crippen LogP contribution is -2.27. The zero-order chi connectivity index (χ0) is 12.8. The molecule has 0 aliphatic carbocycles. The van der Waals surface area contributed by atoms with Crippen LogP contribution < -0.4 is 11.5 Å². The molecule has 0 fully saturated rings. The Morgan fingerprint density at radius 1 is 1.00 bits per heavy atom. The molecule has 0 aromatic heterocycles. The summed E-state index contributed by atoms with van der Waals surface area (Å²) in [6.07, 6.45) is 2.46. The van der Waals surface area contributed by atoms with E-state index in [1.165, 1.54) is 12.8 Å². The summed E-state index contributed by atoms with van der Waals surface area (Å²) >= 11 is 0. The first-order chi connectivity index (χ1) is 7.67. The van der Waals surface area contributed by atoms with Crippen LogP contribution in [0.4, 0.5) is 0 Å². The molecule has 0 aliphatic rings. The summed E-state index contributed by atoms with van der Waals surface area (Å²) in [4.78, 5) is 0. The molecular formula is C11H30N2O2Si. The van der Waals surface area contributed by atoms with Crippen molar-refractivity contribution in [2.75, 3.05) is 26.3 Å². The summed E-state index contributed by atoms with van der Waals surface area (Å²) in [5, 5.41) is 0. The van der Waals surface area contributed by atoms with Crippen LogP contribution in [-0.4, -0.2) is 35.6 Å². The van der Waals surface area contributed by atoms with Crippen molar-refractivity contribution in [3.63, 3.8) is 0 Å². The number of hydrogen-bond donors (Lipinski definition) is 2. The zero-order valence-electron chi connectivity index (χ0n) is 11.4. The summed E-state index contributed by atoms with van der Waals surface area (Å²) in [6, 6.07) is 0. The first kappa shape index (κ1) is 18.4. The van der Waals surface area contributed by atoms with E-state index in [1.807, 2.05) is 13.8 Å². The van der Waals surface area contributed by atoms with Crippen molar-refractivity contribution < 1.29 is 8.85 Å². The maximum absolute atomic E-state index is 5.61. The van der Waals surface area contributed by atoms with Gasteiger partial charge in [-0.1, -0.05) is 20.3 Å². The van der Waals surface area contributed by atoms with Gasteiger partial charge in [-0.05, 0) is 25.8 Å². The molecule has 0 saturated carbocycles. The van der Waals surface area contributed by atoms with Crippen molar-refractivity contribution in [2.24, 2.45) is 11.5 Å². The maximum atomic E-state index is 5.61. The molecule has 0 spiro atoms. The van der Waals surface area contributed by atoms with Crippen LogP contribution in [0.1, 0.15) is 40.5 Å². The average Bonchev–Trinajstić information content (AvgIpc) is 2.29. The van der Waals surface area contributed by atoms with Gasteiger partial charge in [-0.2, -0.15) is 0 Å². The first-order valence-electron chi connectivity index (χ1n) is 6.31. The minimum absolute atomic E-state index is 0.597. The minimum atomic E-state index is -1.35. The lowest BCUT2D eigenvalue weighted by molar-refractivity contribution is 0.203. The van der Waals surface area contributed by atoms with Gasteiger partial charge in [0.15, 0.2) is 0 Å². The van der Waals surface area contributed by atoms with E-state index in [-0.39, 0.29) is 0 Å². The van der Waals surface area contributed by atoms with Crippen LogP contribution in [-0.2, 0) is 8.85 Å². The Balaban J connectivity index is 0. The second-order valence-corrected chi connectivity index (χ2v) is 6.16. The van der Waals surface area contributed by atoms with Crippen LogP contribution in [0.5, 0.6) is 0 Å². The molecule has 0 aliphatic heterocycles. The van der Waals surface area contributed by atoms with Gasteiger partial charge in [0.2, 0.25) is 0 Å². The average molecular weight is 250 g/mol. The highest BCUT2D eigenvalue weighted by molar-refractivity contribution is 6.46. The van der Waals surface area contributed by atoms with E-state index in [0.29, 0.717) is 18.6 Å². The smallest absolute Gasteiger partial charge is 0.324 e. The number of nitrogens with two attached hydrogens (primary N) is 2. The molecule has 4 nitrogen and oxygen atoms in total. The molecule has 0 radical (unpaired) electrons. The van der Waals surface area contributed by atoms with Gasteiger partial charge >= 0.3 is 9.28 Å². The molecule has 100 valence electrons. The van der Waals surface area contributed by atoms with Gasteiger partial charge in [0.25, 0.3) is 0 Å². The Hall–Kier alpha value is 0.0569. The Labute approximate surface area is 103 Å². The third-order valence-corrected chi connectivity index (χ3v) is 4.62. The van der Waals surface area contributed by atoms with Crippen molar-refractivity contribution in [3.05, 3.63) is 0 Å². The topological polar surface area (TPSA) is 70.5 Å². The normalized spacial score (nSPS) is 12.2. The monoisotopic (exact) mass is 250 g/mol. The molecule has 0 aromatic carbocycles. The standard InChI is InChI=1S/C9H22O2Si.C2H8N2/c1-5-8-9(4)12(10-6-2)11-7-3;3-1-2-4/h9,12H,5-8H2,1-4H3;1-4H2. The molecule has 4 N–H and O–H groups in total. The SMILES string of the molecule is CCCC(C)[SiH](OCC)OCC.NCCN. The molecule has 1 atom stereocenters. The molecule has 0 aromatic rings. The van der Waals surface area contributed by atoms with Crippen molar-refractivity contribution in [3.8, 4) is 0 Å². The predicted molar refractivity (Wildman–Crippen MR) is 72.8 cm³/mol. The van der Waals surface area contributed by atoms with E-state index >= 15 is 0 Å². The highest BCUT2D eigenvalue weighted by Crippen LogP contribution is 2.17. The fourth-order valence-electron chi connectivity index (χ4n) is 1.30. The Bertz CT molecular complexity index is 121. The number of hydrogen-bond acceptors (Lipinski definition) is 4. The van der Waals surface area contributed by atoms with Crippen molar-refractivity contribution in [1.29, 1.82) is 0 Å². The van der Waals surface area contributed by atoms with Crippen molar-refractivity contribution >= 4 is 9.28 Å². The maximum Gasteiger partial charge on any atom is 0.324 e. The Kier molecular flexibility index (Phi) is 17.3. The highest BCUT2D eigenvalue weighted by atomic mass is 28.3. The van der Waals surface area contributed by atoms with E-state index in [9.17, 15) is 0 Å². The lowest BCUT2D eigenvalue weighted by atomic mass is 10.3. The minimum Gasteiger partial charge on any atom is -0.397 e. The van der Waals surface area contributed by atoms with Crippen molar-refractivity contribution in [1.82, 2.24) is 0 Å². The third kappa shape index (κ3) is 12.1. The van der Waals surface area contributed by atoms with Crippen molar-refractivity contribution in [2.45, 2.75) is 46.1 Å². The molecule has 0 heterocycles. The molecule has 0 saturated heterocycles. The van der Waals surface area contributed by atoms with Crippen LogP contribution in [0.15, 0.2) is 0 Å². The van der Waals surface area contributed by atoms with Gasteiger partial charge in [0.05, 0.1) is 0 Å². The van der Waals surface area contributed by atoms with E-state index in [0.717, 1.165) is 13.2 Å². The zero-order valence-corrected chi connectivity index (χ0v) is 12.5. The largest absolute Gasteiger partial charge is 0.397 e. The van der Waals surface area contributed by atoms with Crippen LogP contribution >= 0.6 is 0 Å². The first-order valence-corrected chi connectivity index (χ1v) is 7.91. The van der Waals surface area contributed by atoms with Gasteiger partial charge in [-0.25, -0.2) is 0 Å². The van der Waals surface area contributed by atoms with Gasteiger partial charge in [0, 0.05) is 26.3 Å². The molecular weight excluding hydrogens is 220 g/mol. The fraction of sp³-hybridized carbons (Fsp3) is 1.00. The van der Waals surface area contributed by atoms with Crippen LogP contribution in [0.3, 0.4) is 0 Å². The second-order valence-electron chi connectivity index (χ2n) is 3.62. The summed E-state index contributed by atoms with van der Waals surface area (Å²) < 4.78 is 11.2. The van der Waals surface area contributed by atoms with E-state index in [1.54, 1.807) is 0 Å². The van der Waals surface area contributed by atoms with Gasteiger partial charge < -0.3 is 20.3 Å².